The van der Waals surface area contributed by atoms with E-state index in [1.807, 2.05) is 35.0 Å². The summed E-state index contributed by atoms with van der Waals surface area (Å²) in [6, 6.07) is 16.1. The van der Waals surface area contributed by atoms with Crippen LogP contribution in [0.3, 0.4) is 0 Å². The molecular weight excluding hydrogens is 331 g/mol. The van der Waals surface area contributed by atoms with Crippen molar-refractivity contribution >= 4 is 6.03 Å². The number of benzene rings is 2. The number of urea groups is 1. The highest BCUT2D eigenvalue weighted by Gasteiger charge is 2.24. The maximum atomic E-state index is 13.2. The molecule has 5 nitrogen and oxygen atoms in total. The summed E-state index contributed by atoms with van der Waals surface area (Å²) in [5.74, 6) is -0.267. The van der Waals surface area contributed by atoms with Crippen molar-refractivity contribution in [2.75, 3.05) is 6.54 Å². The molecule has 2 aromatic carbocycles. The average molecular weight is 350 g/mol. The molecule has 0 saturated heterocycles. The number of amides is 2. The van der Waals surface area contributed by atoms with Crippen molar-refractivity contribution in [3.63, 3.8) is 0 Å². The van der Waals surface area contributed by atoms with Gasteiger partial charge in [0.1, 0.15) is 5.82 Å². The Morgan fingerprint density at radius 2 is 1.85 bits per heavy atom. The first kappa shape index (κ1) is 16.3. The first-order chi connectivity index (χ1) is 12.7. The number of hydrogen-bond donors (Lipinski definition) is 1. The van der Waals surface area contributed by atoms with Gasteiger partial charge < -0.3 is 10.2 Å². The summed E-state index contributed by atoms with van der Waals surface area (Å²) >= 11 is 0. The van der Waals surface area contributed by atoms with Gasteiger partial charge in [-0.15, -0.1) is 0 Å². The van der Waals surface area contributed by atoms with Gasteiger partial charge in [0.05, 0.1) is 25.0 Å². The number of halogens is 1. The Hall–Kier alpha value is -3.15. The molecule has 2 heterocycles. The van der Waals surface area contributed by atoms with Gasteiger partial charge in [-0.25, -0.2) is 9.18 Å². The van der Waals surface area contributed by atoms with Crippen LogP contribution in [0.15, 0.2) is 60.8 Å². The van der Waals surface area contributed by atoms with Gasteiger partial charge in [-0.05, 0) is 23.3 Å². The van der Waals surface area contributed by atoms with Crippen LogP contribution in [-0.2, 0) is 19.6 Å². The van der Waals surface area contributed by atoms with Crippen LogP contribution in [0.1, 0.15) is 11.3 Å². The van der Waals surface area contributed by atoms with E-state index >= 15 is 0 Å². The first-order valence-corrected chi connectivity index (χ1v) is 8.58. The first-order valence-electron chi connectivity index (χ1n) is 8.58. The fourth-order valence-electron chi connectivity index (χ4n) is 3.17. The Morgan fingerprint density at radius 1 is 1.08 bits per heavy atom. The van der Waals surface area contributed by atoms with Crippen LogP contribution in [0.25, 0.3) is 11.1 Å². The quantitative estimate of drug-likeness (QED) is 0.787. The minimum absolute atomic E-state index is 0.0913. The lowest BCUT2D eigenvalue weighted by molar-refractivity contribution is 0.181. The largest absolute Gasteiger partial charge is 0.334 e. The van der Waals surface area contributed by atoms with E-state index in [0.717, 1.165) is 22.4 Å². The van der Waals surface area contributed by atoms with Gasteiger partial charge in [-0.2, -0.15) is 5.10 Å². The number of carbonyl (C=O) groups excluding carboxylic acids is 1. The molecule has 0 unspecified atom stereocenters. The van der Waals surface area contributed by atoms with E-state index < -0.39 is 0 Å². The van der Waals surface area contributed by atoms with Crippen LogP contribution in [0.5, 0.6) is 0 Å². The maximum absolute atomic E-state index is 13.2. The number of aromatic nitrogens is 2. The molecule has 0 aliphatic carbocycles. The Kier molecular flexibility index (Phi) is 4.39. The van der Waals surface area contributed by atoms with Crippen molar-refractivity contribution in [1.82, 2.24) is 20.0 Å². The molecule has 0 atom stereocenters. The van der Waals surface area contributed by atoms with E-state index in [1.165, 1.54) is 12.1 Å². The molecule has 26 heavy (non-hydrogen) atoms. The topological polar surface area (TPSA) is 50.2 Å². The van der Waals surface area contributed by atoms with Crippen molar-refractivity contribution < 1.29 is 9.18 Å². The summed E-state index contributed by atoms with van der Waals surface area (Å²) in [5.41, 5.74) is 3.87. The minimum Gasteiger partial charge on any atom is -0.334 e. The molecule has 1 N–H and O–H groups in total. The van der Waals surface area contributed by atoms with E-state index in [0.29, 0.717) is 26.2 Å². The summed E-state index contributed by atoms with van der Waals surface area (Å²) in [5, 5.41) is 7.37. The summed E-state index contributed by atoms with van der Waals surface area (Å²) in [6.45, 7) is 2.24. The summed E-state index contributed by atoms with van der Waals surface area (Å²) in [7, 11) is 0. The van der Waals surface area contributed by atoms with E-state index in [4.69, 9.17) is 0 Å². The van der Waals surface area contributed by atoms with Crippen LogP contribution in [0, 0.1) is 5.82 Å². The van der Waals surface area contributed by atoms with Crippen LogP contribution in [0.4, 0.5) is 9.18 Å². The van der Waals surface area contributed by atoms with Gasteiger partial charge in [0.15, 0.2) is 0 Å². The highest BCUT2D eigenvalue weighted by atomic mass is 19.1. The van der Waals surface area contributed by atoms with Crippen LogP contribution in [-0.4, -0.2) is 27.3 Å². The number of hydrogen-bond acceptors (Lipinski definition) is 2. The molecule has 1 aliphatic heterocycles. The number of rotatable bonds is 3. The number of fused-ring (bicyclic) bond motifs is 1. The predicted molar refractivity (Wildman–Crippen MR) is 96.7 cm³/mol. The third-order valence-electron chi connectivity index (χ3n) is 4.60. The highest BCUT2D eigenvalue weighted by Crippen LogP contribution is 2.27. The number of nitrogens with one attached hydrogen (secondary N) is 1. The summed E-state index contributed by atoms with van der Waals surface area (Å²) in [6.07, 6.45) is 1.79. The molecule has 3 aromatic rings. The molecule has 6 heteroatoms. The van der Waals surface area contributed by atoms with Crippen LogP contribution >= 0.6 is 0 Å². The molecule has 0 fully saturated rings. The second-order valence-corrected chi connectivity index (χ2v) is 6.30. The normalized spacial score (nSPS) is 13.3. The summed E-state index contributed by atoms with van der Waals surface area (Å²) in [4.78, 5) is 14.3. The fourth-order valence-corrected chi connectivity index (χ4v) is 3.17. The Bertz CT molecular complexity index is 905. The van der Waals surface area contributed by atoms with Gasteiger partial charge in [0.25, 0.3) is 0 Å². The lowest BCUT2D eigenvalue weighted by atomic mass is 10.1. The zero-order valence-electron chi connectivity index (χ0n) is 14.2. The number of carbonyl (C=O) groups is 1. The number of nitrogens with zero attached hydrogens (tertiary/aromatic N) is 3. The molecule has 1 aromatic heterocycles. The fraction of sp³-hybridized carbons (Fsp3) is 0.200. The van der Waals surface area contributed by atoms with Gasteiger partial charge in [-0.3, -0.25) is 4.68 Å². The highest BCUT2D eigenvalue weighted by molar-refractivity contribution is 5.75. The van der Waals surface area contributed by atoms with Crippen molar-refractivity contribution in [2.45, 2.75) is 19.6 Å². The van der Waals surface area contributed by atoms with Crippen molar-refractivity contribution in [2.24, 2.45) is 0 Å². The van der Waals surface area contributed by atoms with Crippen molar-refractivity contribution in [1.29, 1.82) is 0 Å². The standard InChI is InChI=1S/C20H19FN4O/c21-17-8-6-16(7-9-17)18-13-23-25-11-10-24(14-19(18)25)20(26)22-12-15-4-2-1-3-5-15/h1-9,13H,10-12,14H2,(H,22,26). The Morgan fingerprint density at radius 3 is 2.62 bits per heavy atom. The molecule has 2 amide bonds. The Labute approximate surface area is 151 Å². The molecule has 4 rings (SSSR count). The van der Waals surface area contributed by atoms with E-state index in [2.05, 4.69) is 10.4 Å². The maximum Gasteiger partial charge on any atom is 0.318 e. The molecule has 0 spiro atoms. The Balaban J connectivity index is 1.47. The summed E-state index contributed by atoms with van der Waals surface area (Å²) < 4.78 is 15.1. The molecule has 1 aliphatic rings. The van der Waals surface area contributed by atoms with Crippen molar-refractivity contribution in [3.8, 4) is 11.1 Å². The van der Waals surface area contributed by atoms with E-state index in [9.17, 15) is 9.18 Å². The van der Waals surface area contributed by atoms with E-state index in [1.54, 1.807) is 23.2 Å². The third kappa shape index (κ3) is 3.31. The minimum atomic E-state index is -0.267. The van der Waals surface area contributed by atoms with Gasteiger partial charge in [0.2, 0.25) is 0 Å². The molecule has 0 saturated carbocycles. The zero-order chi connectivity index (χ0) is 17.9. The van der Waals surface area contributed by atoms with Gasteiger partial charge in [0, 0.05) is 18.7 Å². The monoisotopic (exact) mass is 350 g/mol. The zero-order valence-corrected chi connectivity index (χ0v) is 14.2. The van der Waals surface area contributed by atoms with Crippen molar-refractivity contribution in [3.05, 3.63) is 77.9 Å². The van der Waals surface area contributed by atoms with Gasteiger partial charge in [-0.1, -0.05) is 42.5 Å². The average Bonchev–Trinajstić information content (AvgIpc) is 3.11. The third-order valence-corrected chi connectivity index (χ3v) is 4.60. The van der Waals surface area contributed by atoms with Crippen LogP contribution < -0.4 is 5.32 Å². The SMILES string of the molecule is O=C(NCc1ccccc1)N1CCn2ncc(-c3ccc(F)cc3)c2C1. The molecule has 0 radical (unpaired) electrons. The lowest BCUT2D eigenvalue weighted by Gasteiger charge is -2.28. The molecular formula is C20H19FN4O. The smallest absolute Gasteiger partial charge is 0.318 e. The van der Waals surface area contributed by atoms with E-state index in [-0.39, 0.29) is 11.8 Å². The second kappa shape index (κ2) is 7.00. The molecule has 0 bridgehead atoms. The molecule has 132 valence electrons. The van der Waals surface area contributed by atoms with Gasteiger partial charge >= 0.3 is 6.03 Å². The van der Waals surface area contributed by atoms with Crippen LogP contribution in [0.2, 0.25) is 0 Å². The lowest BCUT2D eigenvalue weighted by Crippen LogP contribution is -2.44. The predicted octanol–water partition coefficient (Wildman–Crippen LogP) is 3.41. The second-order valence-electron chi connectivity index (χ2n) is 6.30.